The highest BCUT2D eigenvalue weighted by molar-refractivity contribution is 14.1. The van der Waals surface area contributed by atoms with Crippen LogP contribution in [-0.4, -0.2) is 4.98 Å². The summed E-state index contributed by atoms with van der Waals surface area (Å²) in [5.41, 5.74) is -0.687. The van der Waals surface area contributed by atoms with Crippen LogP contribution < -0.4 is 5.43 Å². The lowest BCUT2D eigenvalue weighted by atomic mass is 10.5. The monoisotopic (exact) mass is 273 g/mol. The number of aromatic nitrogens is 1. The number of hydrogen-bond acceptors (Lipinski definition) is 1. The summed E-state index contributed by atoms with van der Waals surface area (Å²) in [5, 5.41) is 0.149. The van der Waals surface area contributed by atoms with Crippen molar-refractivity contribution in [3.05, 3.63) is 31.0 Å². The minimum absolute atomic E-state index is 0.134. The first-order valence-electron chi connectivity index (χ1n) is 2.35. The van der Waals surface area contributed by atoms with E-state index in [0.717, 1.165) is 6.07 Å². The van der Waals surface area contributed by atoms with Crippen molar-refractivity contribution in [1.82, 2.24) is 4.98 Å². The number of aromatic amines is 1. The Labute approximate surface area is 74.5 Å². The number of halogens is 3. The van der Waals surface area contributed by atoms with E-state index >= 15 is 0 Å². The molecule has 0 atom stereocenters. The topological polar surface area (TPSA) is 32.9 Å². The van der Waals surface area contributed by atoms with Gasteiger partial charge in [-0.15, -0.1) is 0 Å². The van der Waals surface area contributed by atoms with Crippen LogP contribution >= 0.6 is 34.2 Å². The third-order valence-electron chi connectivity index (χ3n) is 0.896. The van der Waals surface area contributed by atoms with Crippen LogP contribution in [0.15, 0.2) is 10.9 Å². The number of pyridine rings is 1. The summed E-state index contributed by atoms with van der Waals surface area (Å²) in [7, 11) is 0. The van der Waals surface area contributed by atoms with Gasteiger partial charge in [-0.1, -0.05) is 11.6 Å². The molecule has 0 saturated carbocycles. The molecule has 1 aromatic rings. The van der Waals surface area contributed by atoms with Crippen LogP contribution in [0, 0.1) is 9.52 Å². The zero-order valence-corrected chi connectivity index (χ0v) is 7.53. The zero-order valence-electron chi connectivity index (χ0n) is 4.62. The smallest absolute Gasteiger partial charge is 0.219 e. The molecule has 0 spiro atoms. The van der Waals surface area contributed by atoms with Gasteiger partial charge in [0.2, 0.25) is 5.43 Å². The molecule has 1 N–H and O–H groups in total. The van der Waals surface area contributed by atoms with Crippen LogP contribution in [0.3, 0.4) is 0 Å². The molecule has 0 radical (unpaired) electrons. The average molecular weight is 273 g/mol. The molecule has 0 aliphatic heterocycles. The van der Waals surface area contributed by atoms with Crippen molar-refractivity contribution in [1.29, 1.82) is 0 Å². The van der Waals surface area contributed by atoms with Gasteiger partial charge in [-0.3, -0.25) is 4.79 Å². The molecule has 2 nitrogen and oxygen atoms in total. The molecular formula is C5H2ClFINO. The Morgan fingerprint density at radius 1 is 1.70 bits per heavy atom. The fourth-order valence-corrected chi connectivity index (χ4v) is 1.39. The SMILES string of the molecule is O=c1cc(Cl)[nH]c(I)c1F. The Morgan fingerprint density at radius 3 is 2.80 bits per heavy atom. The highest BCUT2D eigenvalue weighted by Crippen LogP contribution is 2.07. The van der Waals surface area contributed by atoms with Gasteiger partial charge in [0.1, 0.15) is 8.85 Å². The van der Waals surface area contributed by atoms with Gasteiger partial charge in [0, 0.05) is 6.07 Å². The average Bonchev–Trinajstić information content (AvgIpc) is 1.82. The molecule has 1 rings (SSSR count). The first kappa shape index (κ1) is 8.00. The standard InChI is InChI=1S/C5H2ClFINO/c6-3-1-2(10)4(7)5(8)9-3/h1H,(H,9,10). The van der Waals surface area contributed by atoms with Crippen LogP contribution in [0.1, 0.15) is 0 Å². The lowest BCUT2D eigenvalue weighted by Gasteiger charge is -1.92. The number of H-pyrrole nitrogens is 1. The Kier molecular flexibility index (Phi) is 2.30. The summed E-state index contributed by atoms with van der Waals surface area (Å²) in [4.78, 5) is 13.0. The molecule has 0 aliphatic carbocycles. The normalized spacial score (nSPS) is 9.90. The molecule has 0 saturated heterocycles. The lowest BCUT2D eigenvalue weighted by molar-refractivity contribution is 0.601. The molecule has 0 unspecified atom stereocenters. The summed E-state index contributed by atoms with van der Waals surface area (Å²) < 4.78 is 12.6. The van der Waals surface area contributed by atoms with E-state index in [0.29, 0.717) is 0 Å². The van der Waals surface area contributed by atoms with E-state index in [4.69, 9.17) is 11.6 Å². The van der Waals surface area contributed by atoms with Gasteiger partial charge in [0.25, 0.3) is 0 Å². The Bertz CT molecular complexity index is 311. The maximum Gasteiger partial charge on any atom is 0.219 e. The first-order valence-corrected chi connectivity index (χ1v) is 3.81. The van der Waals surface area contributed by atoms with Crippen molar-refractivity contribution in [2.45, 2.75) is 0 Å². The molecule has 5 heteroatoms. The van der Waals surface area contributed by atoms with Gasteiger partial charge in [-0.25, -0.2) is 0 Å². The molecule has 1 aromatic heterocycles. The lowest BCUT2D eigenvalue weighted by Crippen LogP contribution is -2.08. The summed E-state index contributed by atoms with van der Waals surface area (Å²) in [5.74, 6) is -0.787. The largest absolute Gasteiger partial charge is 0.338 e. The number of nitrogens with one attached hydrogen (secondary N) is 1. The highest BCUT2D eigenvalue weighted by atomic mass is 127. The Hall–Kier alpha value is -0.100. The van der Waals surface area contributed by atoms with Crippen molar-refractivity contribution in [2.24, 2.45) is 0 Å². The van der Waals surface area contributed by atoms with Gasteiger partial charge in [0.15, 0.2) is 5.82 Å². The van der Waals surface area contributed by atoms with Crippen molar-refractivity contribution < 1.29 is 4.39 Å². The second-order valence-corrected chi connectivity index (χ2v) is 3.10. The number of rotatable bonds is 0. The first-order chi connectivity index (χ1) is 4.61. The molecule has 10 heavy (non-hydrogen) atoms. The zero-order chi connectivity index (χ0) is 7.72. The van der Waals surface area contributed by atoms with Gasteiger partial charge in [0.05, 0.1) is 0 Å². The van der Waals surface area contributed by atoms with E-state index in [1.807, 2.05) is 0 Å². The summed E-state index contributed by atoms with van der Waals surface area (Å²) in [6.45, 7) is 0. The summed E-state index contributed by atoms with van der Waals surface area (Å²) in [6.07, 6.45) is 0. The summed E-state index contributed by atoms with van der Waals surface area (Å²) >= 11 is 7.06. The van der Waals surface area contributed by atoms with Crippen LogP contribution in [0.4, 0.5) is 4.39 Å². The number of hydrogen-bond donors (Lipinski definition) is 1. The predicted octanol–water partition coefficient (Wildman–Crippen LogP) is 1.77. The van der Waals surface area contributed by atoms with E-state index < -0.39 is 11.2 Å². The van der Waals surface area contributed by atoms with Crippen molar-refractivity contribution >= 4 is 34.2 Å². The Balaban J connectivity index is 3.46. The molecule has 54 valence electrons. The molecule has 1 heterocycles. The molecule has 0 bridgehead atoms. The van der Waals surface area contributed by atoms with Crippen LogP contribution in [0.5, 0.6) is 0 Å². The second kappa shape index (κ2) is 2.87. The molecule has 0 amide bonds. The minimum Gasteiger partial charge on any atom is -0.338 e. The second-order valence-electron chi connectivity index (χ2n) is 1.61. The third kappa shape index (κ3) is 1.49. The quantitative estimate of drug-likeness (QED) is 0.567. The Morgan fingerprint density at radius 2 is 2.30 bits per heavy atom. The fraction of sp³-hybridized carbons (Fsp3) is 0. The molecular weight excluding hydrogens is 271 g/mol. The molecule has 0 fully saturated rings. The van der Waals surface area contributed by atoms with Crippen molar-refractivity contribution in [3.63, 3.8) is 0 Å². The van der Waals surface area contributed by atoms with Crippen molar-refractivity contribution in [3.8, 4) is 0 Å². The van der Waals surface area contributed by atoms with E-state index in [-0.39, 0.29) is 8.85 Å². The van der Waals surface area contributed by atoms with Crippen LogP contribution in [-0.2, 0) is 0 Å². The minimum atomic E-state index is -0.787. The summed E-state index contributed by atoms with van der Waals surface area (Å²) in [6, 6.07) is 0.999. The molecule has 0 aromatic carbocycles. The predicted molar refractivity (Wildman–Crippen MR) is 44.7 cm³/mol. The van der Waals surface area contributed by atoms with Gasteiger partial charge >= 0.3 is 0 Å². The van der Waals surface area contributed by atoms with Crippen LogP contribution in [0.2, 0.25) is 5.15 Å². The van der Waals surface area contributed by atoms with Gasteiger partial charge < -0.3 is 4.98 Å². The van der Waals surface area contributed by atoms with Crippen LogP contribution in [0.25, 0.3) is 0 Å². The van der Waals surface area contributed by atoms with E-state index in [9.17, 15) is 9.18 Å². The maximum atomic E-state index is 12.5. The van der Waals surface area contributed by atoms with Gasteiger partial charge in [-0.2, -0.15) is 4.39 Å². The van der Waals surface area contributed by atoms with E-state index in [1.165, 1.54) is 0 Å². The van der Waals surface area contributed by atoms with E-state index in [1.54, 1.807) is 22.6 Å². The highest BCUT2D eigenvalue weighted by Gasteiger charge is 2.03. The maximum absolute atomic E-state index is 12.5. The third-order valence-corrected chi connectivity index (χ3v) is 1.84. The fourth-order valence-electron chi connectivity index (χ4n) is 0.482. The molecule has 0 aliphatic rings. The van der Waals surface area contributed by atoms with Crippen molar-refractivity contribution in [2.75, 3.05) is 0 Å². The van der Waals surface area contributed by atoms with E-state index in [2.05, 4.69) is 4.98 Å². The van der Waals surface area contributed by atoms with Gasteiger partial charge in [-0.05, 0) is 22.6 Å².